The second-order valence-electron chi connectivity index (χ2n) is 8.62. The third kappa shape index (κ3) is 4.29. The van der Waals surface area contributed by atoms with Crippen LogP contribution in [-0.4, -0.2) is 54.6 Å². The molecule has 3 heterocycles. The molecule has 1 saturated heterocycles. The van der Waals surface area contributed by atoms with Crippen molar-refractivity contribution in [3.05, 3.63) is 40.8 Å². The molecule has 0 N–H and O–H groups in total. The van der Waals surface area contributed by atoms with Crippen LogP contribution in [0.3, 0.4) is 0 Å². The van der Waals surface area contributed by atoms with Crippen molar-refractivity contribution in [2.45, 2.75) is 36.5 Å². The summed E-state index contributed by atoms with van der Waals surface area (Å²) >= 11 is 2.98. The maximum atomic E-state index is 12.8. The zero-order valence-corrected chi connectivity index (χ0v) is 19.2. The Bertz CT molecular complexity index is 1070. The van der Waals surface area contributed by atoms with Crippen molar-refractivity contribution in [3.8, 4) is 11.5 Å². The molecule has 0 radical (unpaired) electrons. The first kappa shape index (κ1) is 21.8. The molecular weight excluding hydrogens is 457 g/mol. The van der Waals surface area contributed by atoms with Crippen LogP contribution in [-0.2, 0) is 13.2 Å². The SMILES string of the molecule is Cn1c(SCCCN2CCC3(CC3c3ccc(C(F)(F)F)cc3)C2)nnc1-c1csnn1. The van der Waals surface area contributed by atoms with Crippen LogP contribution >= 0.6 is 23.3 Å². The lowest BCUT2D eigenvalue weighted by molar-refractivity contribution is -0.137. The normalized spacial score (nSPS) is 23.3. The summed E-state index contributed by atoms with van der Waals surface area (Å²) in [7, 11) is 1.94. The fourth-order valence-corrected chi connectivity index (χ4v) is 6.00. The van der Waals surface area contributed by atoms with Gasteiger partial charge in [0.15, 0.2) is 11.0 Å². The number of thioether (sulfide) groups is 1. The van der Waals surface area contributed by atoms with Gasteiger partial charge in [0, 0.05) is 24.7 Å². The number of benzene rings is 1. The highest BCUT2D eigenvalue weighted by Crippen LogP contribution is 2.64. The molecule has 11 heteroatoms. The van der Waals surface area contributed by atoms with Crippen LogP contribution in [0.4, 0.5) is 13.2 Å². The van der Waals surface area contributed by atoms with Gasteiger partial charge in [-0.05, 0) is 72.9 Å². The minimum Gasteiger partial charge on any atom is -0.304 e. The van der Waals surface area contributed by atoms with Crippen LogP contribution in [0.25, 0.3) is 11.5 Å². The fourth-order valence-electron chi connectivity index (χ4n) is 4.73. The van der Waals surface area contributed by atoms with Gasteiger partial charge < -0.3 is 9.47 Å². The third-order valence-corrected chi connectivity index (χ3v) is 8.18. The first-order valence-corrected chi connectivity index (χ1v) is 12.4. The van der Waals surface area contributed by atoms with Crippen molar-refractivity contribution in [1.29, 1.82) is 0 Å². The number of likely N-dealkylation sites (tertiary alicyclic amines) is 1. The average Bonchev–Trinajstić information content (AvgIpc) is 3.16. The number of hydrogen-bond donors (Lipinski definition) is 0. The Hall–Kier alpha value is -1.98. The van der Waals surface area contributed by atoms with E-state index in [4.69, 9.17) is 0 Å². The van der Waals surface area contributed by atoms with E-state index in [1.807, 2.05) is 17.0 Å². The highest BCUT2D eigenvalue weighted by molar-refractivity contribution is 7.99. The second kappa shape index (κ2) is 8.42. The Kier molecular flexibility index (Phi) is 5.75. The first-order chi connectivity index (χ1) is 15.4. The van der Waals surface area contributed by atoms with Gasteiger partial charge in [-0.2, -0.15) is 13.2 Å². The molecule has 1 saturated carbocycles. The van der Waals surface area contributed by atoms with E-state index in [0.29, 0.717) is 5.92 Å². The van der Waals surface area contributed by atoms with E-state index in [0.717, 1.165) is 66.9 Å². The molecule has 1 spiro atoms. The van der Waals surface area contributed by atoms with Crippen LogP contribution in [0.5, 0.6) is 0 Å². The monoisotopic (exact) mass is 480 g/mol. The van der Waals surface area contributed by atoms with Gasteiger partial charge in [-0.15, -0.1) is 15.3 Å². The van der Waals surface area contributed by atoms with Gasteiger partial charge in [-0.1, -0.05) is 28.4 Å². The average molecular weight is 481 g/mol. The topological polar surface area (TPSA) is 59.7 Å². The molecule has 0 amide bonds. The van der Waals surface area contributed by atoms with Gasteiger partial charge >= 0.3 is 6.18 Å². The maximum Gasteiger partial charge on any atom is 0.416 e. The van der Waals surface area contributed by atoms with Gasteiger partial charge in [-0.3, -0.25) is 0 Å². The number of nitrogens with zero attached hydrogens (tertiary/aromatic N) is 6. The fraction of sp³-hybridized carbons (Fsp3) is 0.524. The number of aromatic nitrogens is 5. The highest BCUT2D eigenvalue weighted by atomic mass is 32.2. The molecule has 2 aliphatic rings. The zero-order chi connectivity index (χ0) is 22.3. The second-order valence-corrected chi connectivity index (χ2v) is 10.3. The van der Waals surface area contributed by atoms with E-state index in [-0.39, 0.29) is 5.41 Å². The highest BCUT2D eigenvalue weighted by Gasteiger charge is 2.57. The summed E-state index contributed by atoms with van der Waals surface area (Å²) < 4.78 is 44.2. The number of alkyl halides is 3. The molecule has 2 unspecified atom stereocenters. The molecule has 2 atom stereocenters. The summed E-state index contributed by atoms with van der Waals surface area (Å²) in [5.41, 5.74) is 1.47. The predicted octanol–water partition coefficient (Wildman–Crippen LogP) is 4.71. The Morgan fingerprint density at radius 1 is 1.19 bits per heavy atom. The van der Waals surface area contributed by atoms with E-state index >= 15 is 0 Å². The van der Waals surface area contributed by atoms with Crippen molar-refractivity contribution < 1.29 is 13.2 Å². The minimum absolute atomic E-state index is 0.257. The van der Waals surface area contributed by atoms with E-state index in [9.17, 15) is 13.2 Å². The van der Waals surface area contributed by atoms with E-state index < -0.39 is 11.7 Å². The van der Waals surface area contributed by atoms with Crippen molar-refractivity contribution in [3.63, 3.8) is 0 Å². The van der Waals surface area contributed by atoms with Gasteiger partial charge in [0.1, 0.15) is 5.69 Å². The maximum absolute atomic E-state index is 12.8. The lowest BCUT2D eigenvalue weighted by Crippen LogP contribution is -2.23. The summed E-state index contributed by atoms with van der Waals surface area (Å²) in [6, 6.07) is 5.76. The molecule has 5 rings (SSSR count). The predicted molar refractivity (Wildman–Crippen MR) is 118 cm³/mol. The summed E-state index contributed by atoms with van der Waals surface area (Å²) in [6.45, 7) is 3.12. The molecule has 2 aromatic heterocycles. The van der Waals surface area contributed by atoms with Gasteiger partial charge in [0.25, 0.3) is 0 Å². The molecule has 32 heavy (non-hydrogen) atoms. The van der Waals surface area contributed by atoms with Crippen molar-refractivity contribution in [2.24, 2.45) is 12.5 Å². The van der Waals surface area contributed by atoms with Crippen molar-refractivity contribution >= 4 is 23.3 Å². The Morgan fingerprint density at radius 2 is 2.00 bits per heavy atom. The van der Waals surface area contributed by atoms with Gasteiger partial charge in [0.05, 0.1) is 5.56 Å². The Labute approximate surface area is 192 Å². The molecule has 6 nitrogen and oxygen atoms in total. The summed E-state index contributed by atoms with van der Waals surface area (Å²) in [4.78, 5) is 2.49. The lowest BCUT2D eigenvalue weighted by atomic mass is 9.97. The molecule has 1 aliphatic heterocycles. The summed E-state index contributed by atoms with van der Waals surface area (Å²) in [5.74, 6) is 2.07. The molecule has 1 aliphatic carbocycles. The molecule has 2 fully saturated rings. The summed E-state index contributed by atoms with van der Waals surface area (Å²) in [5, 5.41) is 15.3. The van der Waals surface area contributed by atoms with E-state index in [2.05, 4.69) is 24.7 Å². The molecular formula is C21H23F3N6S2. The van der Waals surface area contributed by atoms with Crippen molar-refractivity contribution in [2.75, 3.05) is 25.4 Å². The third-order valence-electron chi connectivity index (χ3n) is 6.57. The molecule has 1 aromatic carbocycles. The van der Waals surface area contributed by atoms with Crippen LogP contribution in [0.1, 0.15) is 36.3 Å². The Balaban J connectivity index is 1.08. The number of halogens is 3. The van der Waals surface area contributed by atoms with Crippen LogP contribution < -0.4 is 0 Å². The number of rotatable bonds is 7. The first-order valence-electron chi connectivity index (χ1n) is 10.5. The standard InChI is InChI=1S/C21H23F3N6S2/c1-29-18(17-12-32-28-25-17)26-27-19(29)31-10-2-8-30-9-7-20(13-30)11-16(20)14-3-5-15(6-4-14)21(22,23)24/h3-6,12,16H,2,7-11,13H2,1H3. The van der Waals surface area contributed by atoms with Gasteiger partial charge in [0.2, 0.25) is 0 Å². The van der Waals surface area contributed by atoms with Crippen molar-refractivity contribution in [1.82, 2.24) is 29.3 Å². The lowest BCUT2D eigenvalue weighted by Gasteiger charge is -2.16. The molecule has 3 aromatic rings. The van der Waals surface area contributed by atoms with E-state index in [1.165, 1.54) is 23.7 Å². The van der Waals surface area contributed by atoms with Crippen LogP contribution in [0.15, 0.2) is 34.8 Å². The molecule has 170 valence electrons. The quantitative estimate of drug-likeness (QED) is 0.361. The van der Waals surface area contributed by atoms with Crippen LogP contribution in [0.2, 0.25) is 0 Å². The zero-order valence-electron chi connectivity index (χ0n) is 17.5. The largest absolute Gasteiger partial charge is 0.416 e. The summed E-state index contributed by atoms with van der Waals surface area (Å²) in [6.07, 6.45) is -1.02. The number of hydrogen-bond acceptors (Lipinski definition) is 7. The minimum atomic E-state index is -4.27. The van der Waals surface area contributed by atoms with E-state index in [1.54, 1.807) is 23.9 Å². The van der Waals surface area contributed by atoms with Gasteiger partial charge in [-0.25, -0.2) is 0 Å². The smallest absolute Gasteiger partial charge is 0.304 e. The molecule has 0 bridgehead atoms. The Morgan fingerprint density at radius 3 is 2.72 bits per heavy atom. The van der Waals surface area contributed by atoms with Crippen LogP contribution in [0, 0.1) is 5.41 Å².